The fourth-order valence-electron chi connectivity index (χ4n) is 4.22. The second kappa shape index (κ2) is 6.71. The normalized spacial score (nSPS) is 17.1. The van der Waals surface area contributed by atoms with Crippen molar-refractivity contribution in [2.24, 2.45) is 0 Å². The number of likely N-dealkylation sites (tertiary alicyclic amines) is 1. The summed E-state index contributed by atoms with van der Waals surface area (Å²) in [5.41, 5.74) is 3.65. The summed E-state index contributed by atoms with van der Waals surface area (Å²) in [4.78, 5) is 29.7. The van der Waals surface area contributed by atoms with Crippen LogP contribution in [-0.4, -0.2) is 41.4 Å². The minimum absolute atomic E-state index is 0.000000814. The Hall–Kier alpha value is -3.28. The van der Waals surface area contributed by atoms with Gasteiger partial charge in [-0.3, -0.25) is 9.59 Å². The van der Waals surface area contributed by atoms with Crippen LogP contribution in [0.4, 0.5) is 5.69 Å². The molecule has 3 heterocycles. The number of aromatic nitrogens is 1. The van der Waals surface area contributed by atoms with E-state index in [1.165, 1.54) is 10.9 Å². The van der Waals surface area contributed by atoms with Gasteiger partial charge in [0.1, 0.15) is 5.75 Å². The number of fused-ring (bicyclic) bond motifs is 2. The van der Waals surface area contributed by atoms with Crippen LogP contribution in [0.5, 0.6) is 5.75 Å². The van der Waals surface area contributed by atoms with Gasteiger partial charge in [-0.15, -0.1) is 0 Å². The highest BCUT2D eigenvalue weighted by atomic mass is 16.5. The van der Waals surface area contributed by atoms with Crippen molar-refractivity contribution in [1.29, 1.82) is 0 Å². The molecule has 3 aromatic rings. The van der Waals surface area contributed by atoms with Gasteiger partial charge in [-0.25, -0.2) is 0 Å². The maximum atomic E-state index is 12.9. The molecule has 0 radical (unpaired) electrons. The summed E-state index contributed by atoms with van der Waals surface area (Å²) in [7, 11) is 0. The van der Waals surface area contributed by atoms with E-state index < -0.39 is 0 Å². The van der Waals surface area contributed by atoms with E-state index in [0.29, 0.717) is 22.9 Å². The van der Waals surface area contributed by atoms with Crippen LogP contribution in [0.25, 0.3) is 10.9 Å². The van der Waals surface area contributed by atoms with Gasteiger partial charge in [0.2, 0.25) is 0 Å². The number of carbonyl (C=O) groups excluding carboxylic acids is 2. The Morgan fingerprint density at radius 1 is 1.11 bits per heavy atom. The number of carbonyl (C=O) groups is 2. The van der Waals surface area contributed by atoms with Crippen molar-refractivity contribution in [3.05, 3.63) is 59.8 Å². The first-order chi connectivity index (χ1) is 13.7. The molecule has 2 amide bonds. The summed E-state index contributed by atoms with van der Waals surface area (Å²) in [6.45, 7) is 1.47. The molecule has 2 aliphatic heterocycles. The van der Waals surface area contributed by atoms with Crippen LogP contribution in [0, 0.1) is 0 Å². The van der Waals surface area contributed by atoms with Gasteiger partial charge in [-0.2, -0.15) is 0 Å². The molecular weight excluding hydrogens is 354 g/mol. The minimum atomic E-state index is -0.198. The van der Waals surface area contributed by atoms with Crippen molar-refractivity contribution < 1.29 is 14.3 Å². The van der Waals surface area contributed by atoms with E-state index in [9.17, 15) is 9.59 Å². The topological polar surface area (TPSA) is 74.4 Å². The Labute approximate surface area is 162 Å². The van der Waals surface area contributed by atoms with Crippen LogP contribution >= 0.6 is 0 Å². The zero-order valence-corrected chi connectivity index (χ0v) is 15.4. The third-order valence-electron chi connectivity index (χ3n) is 5.70. The molecule has 5 rings (SSSR count). The molecule has 0 unspecified atom stereocenters. The number of aromatic amines is 1. The third-order valence-corrected chi connectivity index (χ3v) is 5.70. The molecule has 6 heteroatoms. The Morgan fingerprint density at radius 3 is 2.79 bits per heavy atom. The fourth-order valence-corrected chi connectivity index (χ4v) is 4.22. The van der Waals surface area contributed by atoms with Gasteiger partial charge < -0.3 is 19.9 Å². The van der Waals surface area contributed by atoms with Crippen LogP contribution in [0.15, 0.2) is 48.7 Å². The quantitative estimate of drug-likeness (QED) is 0.720. The van der Waals surface area contributed by atoms with E-state index >= 15 is 0 Å². The number of piperidine rings is 1. The Morgan fingerprint density at radius 2 is 1.93 bits per heavy atom. The number of rotatable bonds is 2. The highest BCUT2D eigenvalue weighted by Gasteiger charge is 2.27. The predicted octanol–water partition coefficient (Wildman–Crippen LogP) is 3.52. The minimum Gasteiger partial charge on any atom is -0.482 e. The summed E-state index contributed by atoms with van der Waals surface area (Å²) >= 11 is 0. The Kier molecular flexibility index (Phi) is 4.04. The van der Waals surface area contributed by atoms with Crippen molar-refractivity contribution >= 4 is 28.4 Å². The average molecular weight is 375 g/mol. The number of hydrogen-bond acceptors (Lipinski definition) is 3. The number of nitrogens with zero attached hydrogens (tertiary/aromatic N) is 1. The molecule has 1 saturated heterocycles. The zero-order valence-electron chi connectivity index (χ0n) is 15.4. The van der Waals surface area contributed by atoms with Gasteiger partial charge in [0.25, 0.3) is 11.8 Å². The van der Waals surface area contributed by atoms with E-state index in [1.807, 2.05) is 11.0 Å². The molecule has 6 nitrogen and oxygen atoms in total. The van der Waals surface area contributed by atoms with E-state index in [1.54, 1.807) is 18.2 Å². The van der Waals surface area contributed by atoms with E-state index in [2.05, 4.69) is 34.7 Å². The number of H-pyrrole nitrogens is 1. The lowest BCUT2D eigenvalue weighted by Crippen LogP contribution is -2.38. The number of amides is 2. The highest BCUT2D eigenvalue weighted by molar-refractivity contribution is 6.00. The summed E-state index contributed by atoms with van der Waals surface area (Å²) in [6.07, 6.45) is 4.00. The van der Waals surface area contributed by atoms with Gasteiger partial charge >= 0.3 is 0 Å². The molecule has 2 aliphatic rings. The molecule has 0 aliphatic carbocycles. The van der Waals surface area contributed by atoms with Crippen LogP contribution < -0.4 is 10.1 Å². The molecule has 0 saturated carbocycles. The first kappa shape index (κ1) is 16.9. The number of benzene rings is 2. The SMILES string of the molecule is O=C1COc2ccc(C(=O)N3CCC(c4c[nH]c5ccccc45)CC3)cc2N1. The lowest BCUT2D eigenvalue weighted by molar-refractivity contribution is -0.118. The Balaban J connectivity index is 1.30. The van der Waals surface area contributed by atoms with Gasteiger partial charge in [0.05, 0.1) is 5.69 Å². The van der Waals surface area contributed by atoms with Crippen LogP contribution in [0.1, 0.15) is 34.7 Å². The number of hydrogen-bond donors (Lipinski definition) is 2. The summed E-state index contributed by atoms with van der Waals surface area (Å²) in [5.74, 6) is 0.863. The van der Waals surface area contributed by atoms with Crippen molar-refractivity contribution in [3.63, 3.8) is 0 Å². The van der Waals surface area contributed by atoms with Crippen molar-refractivity contribution in [3.8, 4) is 5.75 Å². The van der Waals surface area contributed by atoms with Crippen molar-refractivity contribution in [1.82, 2.24) is 9.88 Å². The molecular formula is C22H21N3O3. The number of nitrogens with one attached hydrogen (secondary N) is 2. The summed E-state index contributed by atoms with van der Waals surface area (Å²) < 4.78 is 5.37. The molecule has 28 heavy (non-hydrogen) atoms. The van der Waals surface area contributed by atoms with Crippen molar-refractivity contribution in [2.45, 2.75) is 18.8 Å². The molecule has 0 bridgehead atoms. The first-order valence-corrected chi connectivity index (χ1v) is 9.61. The predicted molar refractivity (Wildman–Crippen MR) is 107 cm³/mol. The number of para-hydroxylation sites is 1. The summed E-state index contributed by atoms with van der Waals surface area (Å²) in [5, 5.41) is 4.04. The Bertz CT molecular complexity index is 1060. The summed E-state index contributed by atoms with van der Waals surface area (Å²) in [6, 6.07) is 13.6. The van der Waals surface area contributed by atoms with Gasteiger partial charge in [0.15, 0.2) is 6.61 Å². The maximum Gasteiger partial charge on any atom is 0.262 e. The maximum absolute atomic E-state index is 12.9. The average Bonchev–Trinajstić information content (AvgIpc) is 3.17. The molecule has 1 fully saturated rings. The first-order valence-electron chi connectivity index (χ1n) is 9.61. The van der Waals surface area contributed by atoms with Gasteiger partial charge in [-0.05, 0) is 48.6 Å². The molecule has 0 atom stereocenters. The molecule has 1 aromatic heterocycles. The van der Waals surface area contributed by atoms with Gasteiger partial charge in [-0.1, -0.05) is 18.2 Å². The highest BCUT2D eigenvalue weighted by Crippen LogP contribution is 2.34. The standard InChI is InChI=1S/C22H21N3O3/c26-21-13-28-20-6-5-15(11-19(20)24-21)22(27)25-9-7-14(8-10-25)17-12-23-18-4-2-1-3-16(17)18/h1-6,11-12,14,23H,7-10,13H2,(H,24,26). The second-order valence-electron chi connectivity index (χ2n) is 7.40. The monoisotopic (exact) mass is 375 g/mol. The largest absolute Gasteiger partial charge is 0.482 e. The zero-order chi connectivity index (χ0) is 19.1. The van der Waals surface area contributed by atoms with Gasteiger partial charge in [0, 0.05) is 35.8 Å². The van der Waals surface area contributed by atoms with E-state index in [0.717, 1.165) is 31.4 Å². The van der Waals surface area contributed by atoms with Crippen LogP contribution in [0.2, 0.25) is 0 Å². The van der Waals surface area contributed by atoms with Crippen LogP contribution in [-0.2, 0) is 4.79 Å². The third kappa shape index (κ3) is 2.91. The number of anilines is 1. The number of ether oxygens (including phenoxy) is 1. The van der Waals surface area contributed by atoms with Crippen LogP contribution in [0.3, 0.4) is 0 Å². The second-order valence-corrected chi connectivity index (χ2v) is 7.40. The molecule has 0 spiro atoms. The molecule has 2 N–H and O–H groups in total. The van der Waals surface area contributed by atoms with E-state index in [4.69, 9.17) is 4.74 Å². The molecule has 2 aromatic carbocycles. The van der Waals surface area contributed by atoms with Crippen molar-refractivity contribution in [2.75, 3.05) is 25.0 Å². The lowest BCUT2D eigenvalue weighted by atomic mass is 9.89. The molecule has 142 valence electrons. The smallest absolute Gasteiger partial charge is 0.262 e. The fraction of sp³-hybridized carbons (Fsp3) is 0.273. The lowest BCUT2D eigenvalue weighted by Gasteiger charge is -2.32. The van der Waals surface area contributed by atoms with E-state index in [-0.39, 0.29) is 18.4 Å².